The molecule has 1 nitrogen and oxygen atoms in total. The van der Waals surface area contributed by atoms with Gasteiger partial charge in [0.2, 0.25) is 0 Å². The number of hydrogen-bond donors (Lipinski definition) is 0. The van der Waals surface area contributed by atoms with Crippen LogP contribution < -0.4 is 0 Å². The fraction of sp³-hybridized carbons (Fsp3) is 0.588. The Kier molecular flexibility index (Phi) is 6.11. The maximum absolute atomic E-state index is 12.3. The number of rotatable bonds is 8. The third-order valence-electron chi connectivity index (χ3n) is 3.70. The molecule has 18 heavy (non-hydrogen) atoms. The van der Waals surface area contributed by atoms with Gasteiger partial charge in [-0.1, -0.05) is 62.9 Å². The van der Waals surface area contributed by atoms with E-state index in [0.29, 0.717) is 12.2 Å². The third kappa shape index (κ3) is 4.29. The molecule has 1 heteroatoms. The predicted octanol–water partition coefficient (Wildman–Crippen LogP) is 4.89. The Morgan fingerprint density at radius 3 is 2.22 bits per heavy atom. The van der Waals surface area contributed by atoms with Gasteiger partial charge in [0.25, 0.3) is 0 Å². The molecule has 0 radical (unpaired) electrons. The molecule has 0 bridgehead atoms. The topological polar surface area (TPSA) is 17.1 Å². The first-order valence-electron chi connectivity index (χ1n) is 7.18. The Bertz CT molecular complexity index is 351. The highest BCUT2D eigenvalue weighted by molar-refractivity contribution is 5.89. The summed E-state index contributed by atoms with van der Waals surface area (Å²) in [5.41, 5.74) is 0.787. The summed E-state index contributed by atoms with van der Waals surface area (Å²) in [6.45, 7) is 6.29. The largest absolute Gasteiger partial charge is 0.299 e. The molecule has 0 saturated heterocycles. The zero-order chi connectivity index (χ0) is 13.4. The first-order valence-corrected chi connectivity index (χ1v) is 7.18. The van der Waals surface area contributed by atoms with Crippen molar-refractivity contribution in [2.24, 2.45) is 0 Å². The van der Waals surface area contributed by atoms with Gasteiger partial charge in [-0.25, -0.2) is 0 Å². The van der Waals surface area contributed by atoms with Gasteiger partial charge in [0, 0.05) is 11.8 Å². The Labute approximate surface area is 112 Å². The van der Waals surface area contributed by atoms with E-state index in [1.165, 1.54) is 25.7 Å². The summed E-state index contributed by atoms with van der Waals surface area (Å²) in [5.74, 6) is 0.366. The van der Waals surface area contributed by atoms with Crippen LogP contribution in [0.3, 0.4) is 0 Å². The zero-order valence-electron chi connectivity index (χ0n) is 12.0. The predicted molar refractivity (Wildman–Crippen MR) is 77.9 cm³/mol. The van der Waals surface area contributed by atoms with Crippen LogP contribution in [0.4, 0.5) is 0 Å². The van der Waals surface area contributed by atoms with Crippen molar-refractivity contribution in [2.45, 2.75) is 64.7 Å². The summed E-state index contributed by atoms with van der Waals surface area (Å²) in [5, 5.41) is 0. The molecular weight excluding hydrogens is 220 g/mol. The number of carbonyl (C=O) groups excluding carboxylic acids is 1. The van der Waals surface area contributed by atoms with E-state index >= 15 is 0 Å². The smallest absolute Gasteiger partial charge is 0.142 e. The second-order valence-corrected chi connectivity index (χ2v) is 5.58. The van der Waals surface area contributed by atoms with Crippen LogP contribution in [0.5, 0.6) is 0 Å². The second kappa shape index (κ2) is 7.35. The van der Waals surface area contributed by atoms with Gasteiger partial charge in [0.15, 0.2) is 0 Å². The summed E-state index contributed by atoms with van der Waals surface area (Å²) in [7, 11) is 0. The minimum absolute atomic E-state index is 0.341. The molecule has 0 heterocycles. The van der Waals surface area contributed by atoms with Crippen molar-refractivity contribution in [1.29, 1.82) is 0 Å². The van der Waals surface area contributed by atoms with E-state index in [1.807, 2.05) is 32.0 Å². The molecule has 0 unspecified atom stereocenters. The van der Waals surface area contributed by atoms with Gasteiger partial charge in [0.1, 0.15) is 5.78 Å². The summed E-state index contributed by atoms with van der Waals surface area (Å²) in [6, 6.07) is 10.1. The van der Waals surface area contributed by atoms with Gasteiger partial charge in [0.05, 0.1) is 0 Å². The first kappa shape index (κ1) is 14.9. The standard InChI is InChI=1S/C17H26O/c1-4-5-6-7-11-14-16(18)17(2,3)15-12-9-8-10-13-15/h8-10,12-13H,4-7,11,14H2,1-3H3. The molecular formula is C17H26O. The van der Waals surface area contributed by atoms with E-state index in [2.05, 4.69) is 19.1 Å². The molecule has 0 amide bonds. The molecule has 0 aliphatic rings. The van der Waals surface area contributed by atoms with E-state index in [4.69, 9.17) is 0 Å². The van der Waals surface area contributed by atoms with Crippen LogP contribution >= 0.6 is 0 Å². The van der Waals surface area contributed by atoms with Crippen molar-refractivity contribution in [3.63, 3.8) is 0 Å². The molecule has 0 aromatic heterocycles. The SMILES string of the molecule is CCCCCCCC(=O)C(C)(C)c1ccccc1. The second-order valence-electron chi connectivity index (χ2n) is 5.58. The van der Waals surface area contributed by atoms with E-state index in [1.54, 1.807) is 0 Å². The van der Waals surface area contributed by atoms with Crippen molar-refractivity contribution in [2.75, 3.05) is 0 Å². The van der Waals surface area contributed by atoms with Gasteiger partial charge in [-0.2, -0.15) is 0 Å². The van der Waals surface area contributed by atoms with Crippen molar-refractivity contribution < 1.29 is 4.79 Å². The Hall–Kier alpha value is -1.11. The molecule has 0 N–H and O–H groups in total. The van der Waals surface area contributed by atoms with Crippen LogP contribution in [0.1, 0.15) is 64.9 Å². The summed E-state index contributed by atoms with van der Waals surface area (Å²) in [4.78, 5) is 12.3. The summed E-state index contributed by atoms with van der Waals surface area (Å²) < 4.78 is 0. The molecule has 0 aliphatic carbocycles. The number of ketones is 1. The molecule has 0 spiro atoms. The van der Waals surface area contributed by atoms with Crippen molar-refractivity contribution in [3.8, 4) is 0 Å². The molecule has 1 aromatic carbocycles. The maximum Gasteiger partial charge on any atom is 0.142 e. The van der Waals surface area contributed by atoms with Gasteiger partial charge >= 0.3 is 0 Å². The van der Waals surface area contributed by atoms with Crippen LogP contribution in [0, 0.1) is 0 Å². The molecule has 1 aromatic rings. The minimum atomic E-state index is -0.341. The van der Waals surface area contributed by atoms with Crippen LogP contribution in [0.25, 0.3) is 0 Å². The molecule has 0 aliphatic heterocycles. The van der Waals surface area contributed by atoms with Crippen LogP contribution in [-0.4, -0.2) is 5.78 Å². The number of Topliss-reactive ketones (excluding diaryl/α,β-unsaturated/α-hetero) is 1. The van der Waals surface area contributed by atoms with Crippen molar-refractivity contribution in [3.05, 3.63) is 35.9 Å². The number of carbonyl (C=O) groups is 1. The Morgan fingerprint density at radius 2 is 1.61 bits per heavy atom. The lowest BCUT2D eigenvalue weighted by atomic mass is 9.79. The number of unbranched alkanes of at least 4 members (excludes halogenated alkanes) is 4. The van der Waals surface area contributed by atoms with Crippen molar-refractivity contribution in [1.82, 2.24) is 0 Å². The van der Waals surface area contributed by atoms with Gasteiger partial charge < -0.3 is 0 Å². The molecule has 1 rings (SSSR count). The van der Waals surface area contributed by atoms with Gasteiger partial charge in [-0.05, 0) is 25.8 Å². The first-order chi connectivity index (χ1) is 8.59. The van der Waals surface area contributed by atoms with Gasteiger partial charge in [-0.3, -0.25) is 4.79 Å². The quantitative estimate of drug-likeness (QED) is 0.597. The minimum Gasteiger partial charge on any atom is -0.299 e. The summed E-state index contributed by atoms with van der Waals surface area (Å²) >= 11 is 0. The third-order valence-corrected chi connectivity index (χ3v) is 3.70. The van der Waals surface area contributed by atoms with Crippen molar-refractivity contribution >= 4 is 5.78 Å². The highest BCUT2D eigenvalue weighted by Crippen LogP contribution is 2.26. The average Bonchev–Trinajstić information content (AvgIpc) is 2.39. The van der Waals surface area contributed by atoms with E-state index in [9.17, 15) is 4.79 Å². The van der Waals surface area contributed by atoms with Crippen LogP contribution in [0.2, 0.25) is 0 Å². The molecule has 100 valence electrons. The van der Waals surface area contributed by atoms with Gasteiger partial charge in [-0.15, -0.1) is 0 Å². The molecule has 0 atom stereocenters. The highest BCUT2D eigenvalue weighted by atomic mass is 16.1. The Morgan fingerprint density at radius 1 is 1.00 bits per heavy atom. The van der Waals surface area contributed by atoms with E-state index in [-0.39, 0.29) is 5.41 Å². The monoisotopic (exact) mass is 246 g/mol. The number of hydrogen-bond acceptors (Lipinski definition) is 1. The fourth-order valence-corrected chi connectivity index (χ4v) is 2.22. The van der Waals surface area contributed by atoms with E-state index < -0.39 is 0 Å². The Balaban J connectivity index is 2.45. The molecule has 0 fully saturated rings. The maximum atomic E-state index is 12.3. The number of benzene rings is 1. The lowest BCUT2D eigenvalue weighted by molar-refractivity contribution is -0.123. The average molecular weight is 246 g/mol. The van der Waals surface area contributed by atoms with E-state index in [0.717, 1.165) is 12.0 Å². The fourth-order valence-electron chi connectivity index (χ4n) is 2.22. The normalized spacial score (nSPS) is 11.5. The lowest BCUT2D eigenvalue weighted by Gasteiger charge is -2.23. The lowest BCUT2D eigenvalue weighted by Crippen LogP contribution is -2.28. The molecule has 0 saturated carbocycles. The zero-order valence-corrected chi connectivity index (χ0v) is 12.0. The summed E-state index contributed by atoms with van der Waals surface area (Å²) in [6.07, 6.45) is 6.74. The highest BCUT2D eigenvalue weighted by Gasteiger charge is 2.28. The van der Waals surface area contributed by atoms with Crippen LogP contribution in [0.15, 0.2) is 30.3 Å². The van der Waals surface area contributed by atoms with Crippen LogP contribution in [-0.2, 0) is 10.2 Å².